The van der Waals surface area contributed by atoms with Gasteiger partial charge in [-0.15, -0.1) is 0 Å². The van der Waals surface area contributed by atoms with Gasteiger partial charge in [0.15, 0.2) is 5.78 Å². The maximum Gasteiger partial charge on any atom is 0.159 e. The molecule has 3 nitrogen and oxygen atoms in total. The molecule has 15 heavy (non-hydrogen) atoms. The lowest BCUT2D eigenvalue weighted by Gasteiger charge is -2.07. The van der Waals surface area contributed by atoms with Crippen molar-refractivity contribution in [1.29, 1.82) is 0 Å². The first-order valence-electron chi connectivity index (χ1n) is 5.38. The summed E-state index contributed by atoms with van der Waals surface area (Å²) in [5.41, 5.74) is 4.60. The molecular weight excluding hydrogens is 192 g/mol. The molecule has 0 saturated carbocycles. The molecule has 1 aliphatic carbocycles. The number of hydrogen-bond donors (Lipinski definition) is 0. The number of rotatable bonds is 0. The first-order valence-corrected chi connectivity index (χ1v) is 5.38. The van der Waals surface area contributed by atoms with E-state index < -0.39 is 0 Å². The number of carbonyl (C=O) groups is 1. The summed E-state index contributed by atoms with van der Waals surface area (Å²) in [7, 11) is 0. The van der Waals surface area contributed by atoms with Crippen molar-refractivity contribution >= 4 is 5.78 Å². The Morgan fingerprint density at radius 2 is 1.93 bits per heavy atom. The fourth-order valence-electron chi connectivity index (χ4n) is 2.64. The van der Waals surface area contributed by atoms with Crippen molar-refractivity contribution in [2.45, 2.75) is 13.3 Å². The topological polar surface area (TPSA) is 35.5 Å². The second-order valence-electron chi connectivity index (χ2n) is 4.44. The molecule has 0 bridgehead atoms. The molecule has 0 radical (unpaired) electrons. The van der Waals surface area contributed by atoms with Crippen LogP contribution in [0.4, 0.5) is 0 Å². The summed E-state index contributed by atoms with van der Waals surface area (Å²) in [6, 6.07) is 0. The highest BCUT2D eigenvalue weighted by Gasteiger charge is 2.34. The third-order valence-corrected chi connectivity index (χ3v) is 3.62. The zero-order chi connectivity index (χ0) is 10.4. The van der Waals surface area contributed by atoms with Gasteiger partial charge in [-0.25, -0.2) is 0 Å². The van der Waals surface area contributed by atoms with Crippen LogP contribution < -0.4 is 0 Å². The van der Waals surface area contributed by atoms with Crippen molar-refractivity contribution in [3.63, 3.8) is 0 Å². The lowest BCUT2D eigenvalue weighted by Crippen LogP contribution is -2.10. The van der Waals surface area contributed by atoms with Crippen LogP contribution in [0.25, 0.3) is 0 Å². The second-order valence-corrected chi connectivity index (χ2v) is 4.44. The highest BCUT2D eigenvalue weighted by atomic mass is 16.5. The number of fused-ring (bicyclic) bond motifs is 2. The van der Waals surface area contributed by atoms with Gasteiger partial charge in [-0.2, -0.15) is 0 Å². The number of ether oxygens (including phenoxy) is 2. The Hall–Kier alpha value is -0.930. The van der Waals surface area contributed by atoms with Gasteiger partial charge in [0, 0.05) is 12.3 Å². The second kappa shape index (κ2) is 3.29. The Bertz CT molecular complexity index is 390. The molecule has 0 aromatic carbocycles. The molecule has 3 heteroatoms. The Morgan fingerprint density at radius 1 is 1.13 bits per heavy atom. The zero-order valence-electron chi connectivity index (χ0n) is 8.84. The molecule has 0 aromatic rings. The van der Waals surface area contributed by atoms with Crippen molar-refractivity contribution in [1.82, 2.24) is 0 Å². The maximum absolute atomic E-state index is 11.9. The number of Topliss-reactive ketones (excluding diaryl/α,β-unsaturated/α-hetero) is 1. The van der Waals surface area contributed by atoms with Gasteiger partial charge in [0.1, 0.15) is 0 Å². The Labute approximate surface area is 88.7 Å². The van der Waals surface area contributed by atoms with Gasteiger partial charge in [-0.1, -0.05) is 0 Å². The van der Waals surface area contributed by atoms with E-state index in [-0.39, 0.29) is 5.78 Å². The van der Waals surface area contributed by atoms with E-state index in [9.17, 15) is 4.79 Å². The normalized spacial score (nSPS) is 30.7. The van der Waals surface area contributed by atoms with Crippen molar-refractivity contribution < 1.29 is 14.3 Å². The van der Waals surface area contributed by atoms with E-state index in [1.807, 2.05) is 6.92 Å². The first kappa shape index (κ1) is 9.31. The van der Waals surface area contributed by atoms with Crippen LogP contribution in [0.3, 0.4) is 0 Å². The van der Waals surface area contributed by atoms with Gasteiger partial charge in [0.2, 0.25) is 0 Å². The fourth-order valence-corrected chi connectivity index (χ4v) is 2.64. The van der Waals surface area contributed by atoms with Crippen molar-refractivity contribution in [2.24, 2.45) is 5.92 Å². The summed E-state index contributed by atoms with van der Waals surface area (Å²) in [4.78, 5) is 11.9. The highest BCUT2D eigenvalue weighted by molar-refractivity contribution is 5.97. The SMILES string of the molecule is CC1=C2COCC2=C2COCC2CC1=O. The number of allylic oxidation sites excluding steroid dienone is 1. The third-order valence-electron chi connectivity index (χ3n) is 3.62. The van der Waals surface area contributed by atoms with E-state index in [0.717, 1.165) is 11.1 Å². The maximum atomic E-state index is 11.9. The minimum absolute atomic E-state index is 0.263. The van der Waals surface area contributed by atoms with E-state index in [0.29, 0.717) is 38.8 Å². The summed E-state index contributed by atoms with van der Waals surface area (Å²) in [5.74, 6) is 0.570. The third kappa shape index (κ3) is 1.30. The fraction of sp³-hybridized carbons (Fsp3) is 0.583. The zero-order valence-corrected chi connectivity index (χ0v) is 8.84. The van der Waals surface area contributed by atoms with E-state index >= 15 is 0 Å². The van der Waals surface area contributed by atoms with Gasteiger partial charge in [-0.05, 0) is 29.2 Å². The molecule has 2 aliphatic heterocycles. The minimum Gasteiger partial charge on any atom is -0.376 e. The molecule has 0 spiro atoms. The van der Waals surface area contributed by atoms with Gasteiger partial charge in [0.25, 0.3) is 0 Å². The Morgan fingerprint density at radius 3 is 2.80 bits per heavy atom. The molecular formula is C12H14O3. The summed E-state index contributed by atoms with van der Waals surface area (Å²) in [5, 5.41) is 0. The van der Waals surface area contributed by atoms with Crippen molar-refractivity contribution in [2.75, 3.05) is 26.4 Å². The molecule has 80 valence electrons. The molecule has 1 atom stereocenters. The largest absolute Gasteiger partial charge is 0.376 e. The number of ketones is 1. The Kier molecular flexibility index (Phi) is 2.04. The van der Waals surface area contributed by atoms with E-state index in [2.05, 4.69) is 0 Å². The first-order chi connectivity index (χ1) is 7.27. The van der Waals surface area contributed by atoms with Crippen LogP contribution in [0, 0.1) is 5.92 Å². The molecule has 2 saturated heterocycles. The molecule has 3 rings (SSSR count). The molecule has 0 aromatic heterocycles. The minimum atomic E-state index is 0.263. The predicted octanol–water partition coefficient (Wildman–Crippen LogP) is 1.25. The van der Waals surface area contributed by atoms with Crippen LogP contribution in [-0.2, 0) is 14.3 Å². The van der Waals surface area contributed by atoms with E-state index in [1.165, 1.54) is 11.1 Å². The summed E-state index contributed by atoms with van der Waals surface area (Å²) < 4.78 is 10.9. The van der Waals surface area contributed by atoms with Crippen LogP contribution in [-0.4, -0.2) is 32.2 Å². The average Bonchev–Trinajstić information content (AvgIpc) is 2.81. The lowest BCUT2D eigenvalue weighted by atomic mass is 9.94. The summed E-state index contributed by atoms with van der Waals surface area (Å²) in [6.45, 7) is 4.58. The lowest BCUT2D eigenvalue weighted by molar-refractivity contribution is -0.116. The Balaban J connectivity index is 2.15. The molecule has 0 N–H and O–H groups in total. The monoisotopic (exact) mass is 206 g/mol. The number of carbonyl (C=O) groups excluding carboxylic acids is 1. The molecule has 1 unspecified atom stereocenters. The van der Waals surface area contributed by atoms with Crippen LogP contribution in [0.2, 0.25) is 0 Å². The molecule has 2 heterocycles. The quantitative estimate of drug-likeness (QED) is 0.598. The van der Waals surface area contributed by atoms with Crippen LogP contribution in [0.15, 0.2) is 22.3 Å². The van der Waals surface area contributed by atoms with Gasteiger partial charge in [-0.3, -0.25) is 4.79 Å². The van der Waals surface area contributed by atoms with Crippen molar-refractivity contribution in [3.05, 3.63) is 22.3 Å². The molecule has 3 aliphatic rings. The van der Waals surface area contributed by atoms with Crippen LogP contribution >= 0.6 is 0 Å². The molecule has 0 amide bonds. The van der Waals surface area contributed by atoms with E-state index in [4.69, 9.17) is 9.47 Å². The van der Waals surface area contributed by atoms with Gasteiger partial charge < -0.3 is 9.47 Å². The molecule has 2 fully saturated rings. The number of hydrogen-bond acceptors (Lipinski definition) is 3. The summed E-state index contributed by atoms with van der Waals surface area (Å²) >= 11 is 0. The van der Waals surface area contributed by atoms with Crippen LogP contribution in [0.1, 0.15) is 13.3 Å². The smallest absolute Gasteiger partial charge is 0.159 e. The highest BCUT2D eigenvalue weighted by Crippen LogP contribution is 2.37. The predicted molar refractivity (Wildman–Crippen MR) is 54.5 cm³/mol. The van der Waals surface area contributed by atoms with Crippen LogP contribution in [0.5, 0.6) is 0 Å². The van der Waals surface area contributed by atoms with Gasteiger partial charge in [0.05, 0.1) is 26.4 Å². The van der Waals surface area contributed by atoms with Crippen molar-refractivity contribution in [3.8, 4) is 0 Å². The summed E-state index contributed by atoms with van der Waals surface area (Å²) in [6.07, 6.45) is 0.619. The van der Waals surface area contributed by atoms with Gasteiger partial charge >= 0.3 is 0 Å². The van der Waals surface area contributed by atoms with E-state index in [1.54, 1.807) is 0 Å². The average molecular weight is 206 g/mol. The standard InChI is InChI=1S/C12H14O3/c1-7-9-4-15-6-11(9)10-5-14-3-8(10)2-12(7)13/h8H,2-6H2,1H3.